The van der Waals surface area contributed by atoms with Crippen LogP contribution in [0.3, 0.4) is 0 Å². The van der Waals surface area contributed by atoms with E-state index in [0.29, 0.717) is 40.4 Å². The van der Waals surface area contributed by atoms with Gasteiger partial charge in [0.2, 0.25) is 0 Å². The number of nitrogens with zero attached hydrogens (tertiary/aromatic N) is 4. The first-order chi connectivity index (χ1) is 22.0. The number of amidine groups is 1. The third-order valence-electron chi connectivity index (χ3n) is 8.42. The zero-order valence-corrected chi connectivity index (χ0v) is 28.2. The molecule has 0 saturated heterocycles. The van der Waals surface area contributed by atoms with Gasteiger partial charge in [0.1, 0.15) is 5.65 Å². The number of hydrogen-bond donors (Lipinski definition) is 3. The van der Waals surface area contributed by atoms with Crippen molar-refractivity contribution in [3.63, 3.8) is 0 Å². The molecule has 0 saturated carbocycles. The Hall–Kier alpha value is -3.79. The van der Waals surface area contributed by atoms with Gasteiger partial charge in [-0.2, -0.15) is 4.98 Å². The first-order valence-electron chi connectivity index (χ1n) is 16.1. The second-order valence-corrected chi connectivity index (χ2v) is 12.6. The molecule has 2 heterocycles. The Balaban J connectivity index is 1.54. The van der Waals surface area contributed by atoms with Gasteiger partial charge in [-0.15, -0.1) is 6.58 Å². The molecule has 0 fully saturated rings. The maximum Gasteiger partial charge on any atom is 0.354 e. The molecule has 0 bridgehead atoms. The number of rotatable bonds is 16. The molecule has 2 aromatic heterocycles. The molecule has 0 aliphatic carbocycles. The number of hydrogen-bond acceptors (Lipinski definition) is 5. The van der Waals surface area contributed by atoms with Crippen LogP contribution in [0.5, 0.6) is 0 Å². The molecule has 2 unspecified atom stereocenters. The lowest BCUT2D eigenvalue weighted by Crippen LogP contribution is -2.33. The monoisotopic (exact) mass is 647 g/mol. The van der Waals surface area contributed by atoms with Crippen LogP contribution in [0.4, 0.5) is 4.39 Å². The van der Waals surface area contributed by atoms with E-state index in [1.807, 2.05) is 37.0 Å². The van der Waals surface area contributed by atoms with Crippen molar-refractivity contribution in [2.45, 2.75) is 71.4 Å². The van der Waals surface area contributed by atoms with Crippen LogP contribution in [0.15, 0.2) is 66.1 Å². The van der Waals surface area contributed by atoms with Gasteiger partial charge in [0, 0.05) is 48.9 Å². The van der Waals surface area contributed by atoms with Gasteiger partial charge in [-0.3, -0.25) is 14.9 Å². The minimum atomic E-state index is -0.513. The van der Waals surface area contributed by atoms with Gasteiger partial charge in [0.05, 0.1) is 22.2 Å². The van der Waals surface area contributed by atoms with Crippen molar-refractivity contribution in [1.29, 1.82) is 5.41 Å². The van der Waals surface area contributed by atoms with Gasteiger partial charge >= 0.3 is 5.69 Å². The van der Waals surface area contributed by atoms with Crippen molar-refractivity contribution in [1.82, 2.24) is 24.3 Å². The summed E-state index contributed by atoms with van der Waals surface area (Å²) in [4.78, 5) is 24.9. The van der Waals surface area contributed by atoms with E-state index in [1.54, 1.807) is 24.4 Å². The summed E-state index contributed by atoms with van der Waals surface area (Å²) in [5, 5.41) is 8.73. The number of nitrogens with one attached hydrogen (secondary N) is 2. The zero-order valence-electron chi connectivity index (χ0n) is 27.5. The predicted molar refractivity (Wildman–Crippen MR) is 189 cm³/mol. The largest absolute Gasteiger partial charge is 0.357 e. The van der Waals surface area contributed by atoms with E-state index < -0.39 is 11.5 Å². The zero-order chi connectivity index (χ0) is 33.4. The third kappa shape index (κ3) is 8.72. The fraction of sp³-hybridized carbons (Fsp3) is 0.417. The maximum atomic E-state index is 15.2. The van der Waals surface area contributed by atoms with Crippen LogP contribution in [0.1, 0.15) is 70.0 Å². The molecule has 4 aromatic rings. The summed E-state index contributed by atoms with van der Waals surface area (Å²) in [6.07, 6.45) is 9.03. The second-order valence-electron chi connectivity index (χ2n) is 12.2. The fourth-order valence-corrected chi connectivity index (χ4v) is 6.17. The molecule has 8 nitrogen and oxygen atoms in total. The number of aromatic nitrogens is 3. The Labute approximate surface area is 276 Å². The second kappa shape index (κ2) is 16.2. The van der Waals surface area contributed by atoms with E-state index in [-0.39, 0.29) is 17.1 Å². The average molecular weight is 648 g/mol. The van der Waals surface area contributed by atoms with Crippen molar-refractivity contribution in [3.05, 3.63) is 93.8 Å². The van der Waals surface area contributed by atoms with E-state index in [4.69, 9.17) is 22.7 Å². The van der Waals surface area contributed by atoms with Crippen molar-refractivity contribution >= 4 is 28.5 Å². The predicted octanol–water partition coefficient (Wildman–Crippen LogP) is 7.49. The summed E-state index contributed by atoms with van der Waals surface area (Å²) in [5.74, 6) is 0.0390. The number of aromatic amines is 1. The lowest BCUT2D eigenvalue weighted by molar-refractivity contribution is 0.222. The molecule has 2 atom stereocenters. The lowest BCUT2D eigenvalue weighted by atomic mass is 10.0. The fourth-order valence-electron chi connectivity index (χ4n) is 5.93. The number of aryl methyl sites for hydroxylation is 1. The normalized spacial score (nSPS) is 12.9. The Morgan fingerprint density at radius 2 is 1.93 bits per heavy atom. The molecular weight excluding hydrogens is 601 g/mol. The SMILES string of the molecule is C=CCN(CCCN(C)C(CCC)c1ccc(-n2cc3cc(-c4cc(CCCC(C)N)cc(Cl)c4F)[nH]c3nc2=O)cc1)C(C)=N. The molecule has 4 N–H and O–H groups in total. The summed E-state index contributed by atoms with van der Waals surface area (Å²) in [5.41, 5.74) is 9.52. The van der Waals surface area contributed by atoms with Crippen LogP contribution in [-0.4, -0.2) is 62.9 Å². The Kier molecular flexibility index (Phi) is 12.3. The Morgan fingerprint density at radius 3 is 2.59 bits per heavy atom. The first kappa shape index (κ1) is 35.1. The minimum absolute atomic E-state index is 0.0581. The smallest absolute Gasteiger partial charge is 0.354 e. The summed E-state index contributed by atoms with van der Waals surface area (Å²) in [7, 11) is 2.14. The third-order valence-corrected chi connectivity index (χ3v) is 8.70. The van der Waals surface area contributed by atoms with E-state index >= 15 is 4.39 Å². The number of benzene rings is 2. The van der Waals surface area contributed by atoms with E-state index in [1.165, 1.54) is 10.1 Å². The van der Waals surface area contributed by atoms with Crippen molar-refractivity contribution in [2.24, 2.45) is 5.73 Å². The molecule has 0 radical (unpaired) electrons. The lowest BCUT2D eigenvalue weighted by Gasteiger charge is -2.30. The number of halogens is 2. The van der Waals surface area contributed by atoms with Crippen LogP contribution in [0.2, 0.25) is 5.02 Å². The average Bonchev–Trinajstić information content (AvgIpc) is 3.43. The highest BCUT2D eigenvalue weighted by molar-refractivity contribution is 6.31. The minimum Gasteiger partial charge on any atom is -0.357 e. The van der Waals surface area contributed by atoms with Crippen molar-refractivity contribution in [3.8, 4) is 16.9 Å². The summed E-state index contributed by atoms with van der Waals surface area (Å²) in [6, 6.07) is 13.6. The van der Waals surface area contributed by atoms with Crippen LogP contribution in [0, 0.1) is 11.2 Å². The van der Waals surface area contributed by atoms with E-state index in [9.17, 15) is 4.79 Å². The van der Waals surface area contributed by atoms with Gasteiger partial charge in [0.25, 0.3) is 0 Å². The van der Waals surface area contributed by atoms with Gasteiger partial charge in [-0.25, -0.2) is 9.18 Å². The molecule has 0 aliphatic rings. The quantitative estimate of drug-likeness (QED) is 0.0664. The van der Waals surface area contributed by atoms with Crippen LogP contribution in [0.25, 0.3) is 28.0 Å². The summed E-state index contributed by atoms with van der Waals surface area (Å²) in [6.45, 7) is 12.1. The molecule has 10 heteroatoms. The van der Waals surface area contributed by atoms with Crippen LogP contribution < -0.4 is 11.4 Å². The number of nitrogens with two attached hydrogens (primary N) is 1. The van der Waals surface area contributed by atoms with Gasteiger partial charge in [-0.05, 0) is 94.5 Å². The topological polar surface area (TPSA) is 107 Å². The van der Waals surface area contributed by atoms with Crippen molar-refractivity contribution in [2.75, 3.05) is 26.7 Å². The highest BCUT2D eigenvalue weighted by atomic mass is 35.5. The van der Waals surface area contributed by atoms with Gasteiger partial charge < -0.3 is 15.6 Å². The molecule has 0 aliphatic heterocycles. The van der Waals surface area contributed by atoms with Crippen LogP contribution >= 0.6 is 11.6 Å². The molecule has 246 valence electrons. The highest BCUT2D eigenvalue weighted by Crippen LogP contribution is 2.32. The summed E-state index contributed by atoms with van der Waals surface area (Å²) >= 11 is 6.27. The molecule has 46 heavy (non-hydrogen) atoms. The first-order valence-corrected chi connectivity index (χ1v) is 16.5. The molecule has 0 spiro atoms. The van der Waals surface area contributed by atoms with Gasteiger partial charge in [-0.1, -0.05) is 43.2 Å². The highest BCUT2D eigenvalue weighted by Gasteiger charge is 2.18. The van der Waals surface area contributed by atoms with Crippen molar-refractivity contribution < 1.29 is 4.39 Å². The standard InChI is InChI=1S/C36H47ClFN7O/c1-6-10-33(43(5)18-9-19-44(17-7-2)25(4)40)27-13-15-29(16-14-27)45-23-28-22-32(41-35(28)42-36(45)46)30-20-26(12-8-11-24(3)39)21-31(37)34(30)38/h7,13-16,20-24,33,40H,2,6,8-12,17-19,39H2,1,3-5H3,(H,41,42,46). The van der Waals surface area contributed by atoms with Gasteiger partial charge in [0.15, 0.2) is 5.82 Å². The van der Waals surface area contributed by atoms with E-state index in [0.717, 1.165) is 57.2 Å². The molecule has 0 amide bonds. The molecule has 2 aromatic carbocycles. The molecular formula is C36H47ClFN7O. The molecule has 4 rings (SSSR count). The summed E-state index contributed by atoms with van der Waals surface area (Å²) < 4.78 is 16.7. The number of H-pyrrole nitrogens is 1. The number of fused-ring (bicyclic) bond motifs is 1. The maximum absolute atomic E-state index is 15.2. The Morgan fingerprint density at radius 1 is 1.20 bits per heavy atom. The Bertz CT molecular complexity index is 1700. The van der Waals surface area contributed by atoms with E-state index in [2.05, 4.69) is 47.6 Å². The van der Waals surface area contributed by atoms with Crippen LogP contribution in [-0.2, 0) is 6.42 Å².